The third kappa shape index (κ3) is 14.1. The van der Waals surface area contributed by atoms with Crippen LogP contribution in [0.5, 0.6) is 0 Å². The number of aromatic carboxylic acids is 1. The number of allylic oxidation sites excluding steroid dienone is 1. The highest BCUT2D eigenvalue weighted by Gasteiger charge is 2.28. The molecule has 5 rings (SSSR count). The summed E-state index contributed by atoms with van der Waals surface area (Å²) < 4.78 is 130. The minimum Gasteiger partial charge on any atom is -0.478 e. The quantitative estimate of drug-likeness (QED) is 0.0170. The molecule has 5 aromatic carbocycles. The van der Waals surface area contributed by atoms with Crippen molar-refractivity contribution in [2.45, 2.75) is 29.7 Å². The molecule has 0 heterocycles. The van der Waals surface area contributed by atoms with Crippen LogP contribution in [0, 0.1) is 6.92 Å². The second-order valence-electron chi connectivity index (χ2n) is 13.7. The van der Waals surface area contributed by atoms with Crippen molar-refractivity contribution in [1.82, 2.24) is 0 Å². The van der Waals surface area contributed by atoms with Crippen molar-refractivity contribution in [2.75, 3.05) is 23.8 Å². The number of nitrogens with zero attached hydrogens (tertiary/aromatic N) is 8. The minimum absolute atomic E-state index is 0.0737. The van der Waals surface area contributed by atoms with E-state index in [-0.39, 0.29) is 39.7 Å². The van der Waals surface area contributed by atoms with E-state index in [9.17, 15) is 53.2 Å². The van der Waals surface area contributed by atoms with Crippen LogP contribution in [0.4, 0.5) is 56.9 Å². The number of nitrogens with two attached hydrogens (primary N) is 2. The van der Waals surface area contributed by atoms with Gasteiger partial charge in [0.15, 0.2) is 9.84 Å². The molecule has 5 aromatic rings. The fraction of sp³-hybridized carbons (Fsp3) is 0.132. The van der Waals surface area contributed by atoms with Gasteiger partial charge in [-0.2, -0.15) is 45.7 Å². The van der Waals surface area contributed by atoms with Crippen LogP contribution >= 0.6 is 0 Å². The van der Waals surface area contributed by atoms with E-state index in [2.05, 4.69) is 55.9 Å². The van der Waals surface area contributed by atoms with Gasteiger partial charge in [0.2, 0.25) is 0 Å². The molecule has 0 aromatic heterocycles. The van der Waals surface area contributed by atoms with Crippen molar-refractivity contribution in [1.29, 1.82) is 0 Å². The average molecular weight is 1020 g/mol. The molecule has 0 saturated carbocycles. The highest BCUT2D eigenvalue weighted by Crippen LogP contribution is 2.49. The lowest BCUT2D eigenvalue weighted by atomic mass is 10.1. The van der Waals surface area contributed by atoms with Gasteiger partial charge in [-0.3, -0.25) is 13.7 Å². The van der Waals surface area contributed by atoms with Gasteiger partial charge in [-0.15, -0.1) is 20.5 Å². The minimum atomic E-state index is -5.19. The lowest BCUT2D eigenvalue weighted by Gasteiger charge is -2.13. The first kappa shape index (κ1) is 51.7. The van der Waals surface area contributed by atoms with E-state index in [0.29, 0.717) is 11.3 Å². The summed E-state index contributed by atoms with van der Waals surface area (Å²) >= 11 is 0. The molecule has 9 N–H and O–H groups in total. The fourth-order valence-electron chi connectivity index (χ4n) is 5.59. The predicted octanol–water partition coefficient (Wildman–Crippen LogP) is 7.73. The Labute approximate surface area is 386 Å². The zero-order valence-electron chi connectivity index (χ0n) is 34.7. The number of benzene rings is 5. The molecule has 0 aliphatic rings. The molecule has 0 radical (unpaired) electrons. The molecular weight excluding hydrogens is 981 g/mol. The van der Waals surface area contributed by atoms with Gasteiger partial charge in [-0.25, -0.2) is 17.4 Å². The Morgan fingerprint density at radius 3 is 1.63 bits per heavy atom. The fourth-order valence-corrected chi connectivity index (χ4v) is 8.06. The van der Waals surface area contributed by atoms with Crippen LogP contribution in [0.25, 0.3) is 0 Å². The molecule has 30 heteroatoms. The van der Waals surface area contributed by atoms with E-state index in [1.807, 2.05) is 6.92 Å². The van der Waals surface area contributed by atoms with Gasteiger partial charge < -0.3 is 25.9 Å². The molecule has 0 amide bonds. The number of carbonyl (C=O) groups is 1. The highest BCUT2D eigenvalue weighted by atomic mass is 32.3. The molecule has 0 aliphatic heterocycles. The summed E-state index contributed by atoms with van der Waals surface area (Å²) in [5, 5.41) is 52.7. The molecule has 0 fully saturated rings. The van der Waals surface area contributed by atoms with Gasteiger partial charge in [-0.1, -0.05) is 36.4 Å². The van der Waals surface area contributed by atoms with Crippen LogP contribution in [0.15, 0.2) is 148 Å². The molecule has 0 atom stereocenters. The zero-order chi connectivity index (χ0) is 50.2. The SMILES string of the molecule is C=C(Cc1ccc(N=Nc2cc(S(=O)(=O)O)c(N=Nc3c(N)c(N=Nc4ccc(C)cc4)c(N)c(N=Nc4ccc(S(=O)(=O)CCOS(=O)(=O)O)cc4)c3C(=O)O)cc2CO)cc1)OS(=O)(=O)O. The molecule has 0 aliphatic carbocycles. The summed E-state index contributed by atoms with van der Waals surface area (Å²) in [5.41, 5.74) is 9.80. The van der Waals surface area contributed by atoms with E-state index in [1.165, 1.54) is 24.3 Å². The first-order chi connectivity index (χ1) is 31.7. The van der Waals surface area contributed by atoms with E-state index in [0.717, 1.165) is 42.0 Å². The summed E-state index contributed by atoms with van der Waals surface area (Å²) in [6.07, 6.45) is -0.115. The predicted molar refractivity (Wildman–Crippen MR) is 240 cm³/mol. The molecule has 0 spiro atoms. The van der Waals surface area contributed by atoms with Crippen molar-refractivity contribution in [2.24, 2.45) is 40.9 Å². The number of carboxylic acids is 1. The number of aliphatic hydroxyl groups is 1. The maximum absolute atomic E-state index is 12.9. The number of azo groups is 4. The first-order valence-electron chi connectivity index (χ1n) is 18.6. The molecular formula is C38H36N10O16S4. The molecule has 0 unspecified atom stereocenters. The number of aliphatic hydroxyl groups excluding tert-OH is 1. The van der Waals surface area contributed by atoms with Crippen molar-refractivity contribution in [3.63, 3.8) is 0 Å². The summed E-state index contributed by atoms with van der Waals surface area (Å²) in [6.45, 7) is 3.52. The van der Waals surface area contributed by atoms with E-state index >= 15 is 0 Å². The van der Waals surface area contributed by atoms with E-state index in [1.54, 1.807) is 24.3 Å². The standard InChI is InChI=1S/C38H36N10O16S4/c1-21-3-7-25(8-4-21)43-48-37-33(39)35(46-42-27-11-13-28(14-12-27)65(52,53)16-15-63-67(57,58)59)32(38(50)51)36(34(37)40)47-45-30-18-24(20-49)29(19-31(30)66(54,55)56)44-41-26-9-5-23(6-10-26)17-22(2)64-68(60,61)62/h3-14,18-19,49H,2,15-17,20,39-40H2,1H3,(H,50,51)(H,54,55,56)(H,57,58,59)(H,60,61,62). The van der Waals surface area contributed by atoms with Crippen LogP contribution in [0.3, 0.4) is 0 Å². The zero-order valence-corrected chi connectivity index (χ0v) is 38.0. The van der Waals surface area contributed by atoms with Gasteiger partial charge in [0, 0.05) is 12.0 Å². The lowest BCUT2D eigenvalue weighted by molar-refractivity contribution is 0.0698. The van der Waals surface area contributed by atoms with E-state index < -0.39 is 110 Å². The highest BCUT2D eigenvalue weighted by molar-refractivity contribution is 7.91. The number of hydrogen-bond donors (Lipinski definition) is 7. The Morgan fingerprint density at radius 2 is 1.13 bits per heavy atom. The number of hydrogen-bond acceptors (Lipinski definition) is 22. The second-order valence-corrected chi connectivity index (χ2v) is 19.3. The van der Waals surface area contributed by atoms with Gasteiger partial charge >= 0.3 is 26.8 Å². The maximum Gasteiger partial charge on any atom is 0.446 e. The van der Waals surface area contributed by atoms with E-state index in [4.69, 9.17) is 20.6 Å². The molecule has 26 nitrogen and oxygen atoms in total. The van der Waals surface area contributed by atoms with Crippen LogP contribution in [-0.4, -0.2) is 75.9 Å². The Balaban J connectivity index is 1.58. The Bertz CT molecular complexity index is 3350. The van der Waals surface area contributed by atoms with Crippen LogP contribution in [-0.2, 0) is 62.1 Å². The molecule has 358 valence electrons. The summed E-state index contributed by atoms with van der Waals surface area (Å²) in [5.74, 6) is -2.90. The summed E-state index contributed by atoms with van der Waals surface area (Å²) in [7, 11) is -19.0. The number of sulfone groups is 1. The Kier molecular flexibility index (Phi) is 16.1. The normalized spacial score (nSPS) is 12.7. The third-order valence-electron chi connectivity index (χ3n) is 8.75. The van der Waals surface area contributed by atoms with Crippen molar-refractivity contribution in [3.05, 3.63) is 120 Å². The first-order valence-corrected chi connectivity index (χ1v) is 24.4. The largest absolute Gasteiger partial charge is 0.478 e. The van der Waals surface area contributed by atoms with Gasteiger partial charge in [0.25, 0.3) is 10.1 Å². The summed E-state index contributed by atoms with van der Waals surface area (Å²) in [4.78, 5) is 11.7. The maximum atomic E-state index is 12.9. The van der Waals surface area contributed by atoms with Crippen molar-refractivity contribution in [3.8, 4) is 0 Å². The summed E-state index contributed by atoms with van der Waals surface area (Å²) in [6, 6.07) is 18.6. The van der Waals surface area contributed by atoms with Crippen LogP contribution < -0.4 is 11.5 Å². The van der Waals surface area contributed by atoms with Gasteiger partial charge in [0.1, 0.15) is 39.0 Å². The third-order valence-corrected chi connectivity index (χ3v) is 12.2. The number of nitrogen functional groups attached to an aromatic ring is 2. The lowest BCUT2D eigenvalue weighted by Crippen LogP contribution is -2.15. The van der Waals surface area contributed by atoms with Crippen molar-refractivity contribution < 1.29 is 70.7 Å². The van der Waals surface area contributed by atoms with Crippen molar-refractivity contribution >= 4 is 104 Å². The van der Waals surface area contributed by atoms with Gasteiger partial charge in [-0.05, 0) is 73.2 Å². The van der Waals surface area contributed by atoms with Crippen LogP contribution in [0.1, 0.15) is 27.0 Å². The number of aryl methyl sites for hydroxylation is 1. The smallest absolute Gasteiger partial charge is 0.446 e. The topological polar surface area (TPSA) is 424 Å². The number of anilines is 2. The molecule has 0 bridgehead atoms. The second kappa shape index (κ2) is 21.1. The Hall–Kier alpha value is -7.29. The van der Waals surface area contributed by atoms with Crippen LogP contribution in [0.2, 0.25) is 0 Å². The average Bonchev–Trinajstić information content (AvgIpc) is 3.24. The Morgan fingerprint density at radius 1 is 0.647 bits per heavy atom. The molecule has 0 saturated heterocycles. The number of carboxylic acid groups (broad SMARTS) is 1. The number of rotatable bonds is 20. The molecule has 68 heavy (non-hydrogen) atoms. The van der Waals surface area contributed by atoms with Gasteiger partial charge in [0.05, 0.1) is 58.0 Å². The monoisotopic (exact) mass is 1020 g/mol.